The lowest BCUT2D eigenvalue weighted by molar-refractivity contribution is -0.646. The van der Waals surface area contributed by atoms with Gasteiger partial charge in [0.25, 0.3) is 0 Å². The predicted molar refractivity (Wildman–Crippen MR) is 148 cm³/mol. The minimum atomic E-state index is -4.16. The Labute approximate surface area is 233 Å². The van der Waals surface area contributed by atoms with Crippen LogP contribution in [0.4, 0.5) is 0 Å². The van der Waals surface area contributed by atoms with Crippen molar-refractivity contribution in [3.63, 3.8) is 0 Å². The number of aliphatic hydroxyl groups excluding tert-OH is 1. The first-order chi connectivity index (χ1) is 18.5. The molecule has 4 atom stereocenters. The summed E-state index contributed by atoms with van der Waals surface area (Å²) < 4.78 is 27.9. The zero-order chi connectivity index (χ0) is 28.6. The maximum atomic E-state index is 13.3. The number of carbonyl (C=O) groups is 2. The normalized spacial score (nSPS) is 24.2. The van der Waals surface area contributed by atoms with Crippen LogP contribution in [0.5, 0.6) is 0 Å². The molecular weight excluding hydrogens is 520 g/mol. The summed E-state index contributed by atoms with van der Waals surface area (Å²) in [6, 6.07) is 2.25. The number of β-amino-alcohol motifs (C(OH)–C–C–N with tert-alkyl or cyclic N) is 1. The van der Waals surface area contributed by atoms with Gasteiger partial charge in [-0.1, -0.05) is 46.0 Å². The second-order valence-corrected chi connectivity index (χ2v) is 13.5. The van der Waals surface area contributed by atoms with E-state index < -0.39 is 39.3 Å². The van der Waals surface area contributed by atoms with Crippen LogP contribution >= 0.6 is 0 Å². The molecule has 1 aliphatic heterocycles. The second kappa shape index (κ2) is 14.4. The number of nitrogens with one attached hydrogen (secondary N) is 2. The van der Waals surface area contributed by atoms with Crippen LogP contribution in [0, 0.1) is 17.0 Å². The first-order valence-electron chi connectivity index (χ1n) is 14.5. The second-order valence-electron chi connectivity index (χ2n) is 11.7. The van der Waals surface area contributed by atoms with Gasteiger partial charge in [-0.15, -0.1) is 0 Å². The first kappa shape index (κ1) is 31.3. The van der Waals surface area contributed by atoms with E-state index in [1.54, 1.807) is 6.92 Å². The molecule has 2 amide bonds. The van der Waals surface area contributed by atoms with Gasteiger partial charge < -0.3 is 20.9 Å². The number of carbonyl (C=O) groups excluding carboxylic acids is 2. The number of hydrogen-bond donors (Lipinski definition) is 3. The first-order valence-corrected chi connectivity index (χ1v) is 15.9. The van der Waals surface area contributed by atoms with E-state index in [0.29, 0.717) is 36.3 Å². The highest BCUT2D eigenvalue weighted by atomic mass is 32.2. The highest BCUT2D eigenvalue weighted by Crippen LogP contribution is 2.28. The molecular formula is C28H46N4O6S. The van der Waals surface area contributed by atoms with Gasteiger partial charge in [-0.05, 0) is 56.9 Å². The van der Waals surface area contributed by atoms with Gasteiger partial charge in [-0.3, -0.25) is 9.59 Å². The minimum absolute atomic E-state index is 0.146. The van der Waals surface area contributed by atoms with Gasteiger partial charge in [-0.2, -0.15) is 9.04 Å². The van der Waals surface area contributed by atoms with Gasteiger partial charge in [-0.25, -0.2) is 8.42 Å². The van der Waals surface area contributed by atoms with E-state index >= 15 is 0 Å². The molecule has 11 heteroatoms. The molecule has 1 saturated carbocycles. The molecule has 1 aliphatic carbocycles. The van der Waals surface area contributed by atoms with Crippen molar-refractivity contribution >= 4 is 21.8 Å². The third kappa shape index (κ3) is 8.88. The number of nitrogens with zero attached hydrogens (tertiary/aromatic N) is 2. The molecule has 39 heavy (non-hydrogen) atoms. The summed E-state index contributed by atoms with van der Waals surface area (Å²) in [5.74, 6) is 0.336. The molecule has 0 bridgehead atoms. The zero-order valence-corrected chi connectivity index (χ0v) is 24.4. The summed E-state index contributed by atoms with van der Waals surface area (Å²) in [5.41, 5.74) is 0. The number of hydrogen-bond acceptors (Lipinski definition) is 6. The molecule has 2 heterocycles. The Morgan fingerprint density at radius 3 is 2.54 bits per heavy atom. The van der Waals surface area contributed by atoms with Crippen molar-refractivity contribution in [3.8, 4) is 0 Å². The third-order valence-corrected chi connectivity index (χ3v) is 9.98. The Kier molecular flexibility index (Phi) is 11.6. The molecule has 1 saturated heterocycles. The molecule has 3 N–H and O–H groups in total. The lowest BCUT2D eigenvalue weighted by Crippen LogP contribution is -2.54. The lowest BCUT2D eigenvalue weighted by Gasteiger charge is -2.28. The maximum absolute atomic E-state index is 13.3. The van der Waals surface area contributed by atoms with Crippen molar-refractivity contribution in [3.05, 3.63) is 29.6 Å². The number of sulfonamides is 1. The van der Waals surface area contributed by atoms with E-state index in [4.69, 9.17) is 0 Å². The molecule has 2 aliphatic rings. The van der Waals surface area contributed by atoms with Gasteiger partial charge in [0, 0.05) is 31.1 Å². The van der Waals surface area contributed by atoms with E-state index in [1.165, 1.54) is 50.3 Å². The van der Waals surface area contributed by atoms with Gasteiger partial charge in [0.15, 0.2) is 6.20 Å². The maximum Gasteiger partial charge on any atom is 0.323 e. The van der Waals surface area contributed by atoms with Crippen molar-refractivity contribution in [1.82, 2.24) is 14.9 Å². The third-order valence-electron chi connectivity index (χ3n) is 8.01. The van der Waals surface area contributed by atoms with Crippen molar-refractivity contribution in [1.29, 1.82) is 0 Å². The van der Waals surface area contributed by atoms with Crippen LogP contribution in [0.1, 0.15) is 91.4 Å². The fraction of sp³-hybridized carbons (Fsp3) is 0.750. The van der Waals surface area contributed by atoms with Gasteiger partial charge in [0.2, 0.25) is 11.8 Å². The Morgan fingerprint density at radius 2 is 1.87 bits per heavy atom. The number of aliphatic hydroxyl groups is 1. The van der Waals surface area contributed by atoms with Gasteiger partial charge in [0.05, 0.1) is 12.1 Å². The fourth-order valence-corrected chi connectivity index (χ4v) is 7.47. The Bertz CT molecular complexity index is 1060. The summed E-state index contributed by atoms with van der Waals surface area (Å²) in [7, 11) is -4.16. The van der Waals surface area contributed by atoms with Crippen LogP contribution in [0.3, 0.4) is 0 Å². The van der Waals surface area contributed by atoms with Crippen LogP contribution < -0.4 is 15.4 Å². The average Bonchev–Trinajstić information content (AvgIpc) is 3.02. The standard InChI is InChI=1S/C28H46N4O6S/c1-20(2)18-24(29-26(34)13-9-12-22-10-5-4-6-11-22)28(35)30-23-16-15-21(3)32(19-25(23)33)39(37,38)27-14-7-8-17-31(27)36/h7-8,14,17,20-25,33H,4-6,9-13,15-16,18-19H2,1-3H3,(H,29,34)(H,30,35)/t21-,23+,24+,25+/m1/s1. The fourth-order valence-electron chi connectivity index (χ4n) is 5.76. The topological polar surface area (TPSA) is 143 Å². The molecule has 0 aromatic carbocycles. The number of rotatable bonds is 11. The molecule has 2 fully saturated rings. The van der Waals surface area contributed by atoms with Crippen LogP contribution in [-0.2, 0) is 19.6 Å². The Hall–Kier alpha value is -2.24. The molecule has 10 nitrogen and oxygen atoms in total. The van der Waals surface area contributed by atoms with Crippen molar-refractivity contribution < 1.29 is 27.8 Å². The quantitative estimate of drug-likeness (QED) is 0.278. The zero-order valence-electron chi connectivity index (χ0n) is 23.5. The van der Waals surface area contributed by atoms with Crippen LogP contribution in [0.15, 0.2) is 29.4 Å². The molecule has 3 rings (SSSR count). The van der Waals surface area contributed by atoms with Crippen LogP contribution in [0.2, 0.25) is 0 Å². The molecule has 0 spiro atoms. The Balaban J connectivity index is 1.60. The van der Waals surface area contributed by atoms with Gasteiger partial charge in [0.1, 0.15) is 6.04 Å². The summed E-state index contributed by atoms with van der Waals surface area (Å²) >= 11 is 0. The van der Waals surface area contributed by atoms with Crippen LogP contribution in [-0.4, -0.2) is 60.4 Å². The monoisotopic (exact) mass is 566 g/mol. The Morgan fingerprint density at radius 1 is 1.15 bits per heavy atom. The average molecular weight is 567 g/mol. The molecule has 1 aromatic heterocycles. The van der Waals surface area contributed by atoms with Crippen molar-refractivity contribution in [2.75, 3.05) is 6.54 Å². The number of pyridine rings is 1. The molecule has 1 aromatic rings. The minimum Gasteiger partial charge on any atom is -0.618 e. The van der Waals surface area contributed by atoms with E-state index in [2.05, 4.69) is 10.6 Å². The summed E-state index contributed by atoms with van der Waals surface area (Å²) in [6.07, 6.45) is 9.69. The summed E-state index contributed by atoms with van der Waals surface area (Å²) in [4.78, 5) is 26.0. The van der Waals surface area contributed by atoms with E-state index in [1.807, 2.05) is 13.8 Å². The molecule has 0 unspecified atom stereocenters. The smallest absolute Gasteiger partial charge is 0.323 e. The SMILES string of the molecule is CC(C)C[C@H](NC(=O)CCCC1CCCCC1)C(=O)N[C@H]1CC[C@@H](C)N(S(=O)(=O)c2cccc[n+]2[O-])C[C@@H]1O. The molecule has 220 valence electrons. The van der Waals surface area contributed by atoms with Crippen LogP contribution in [0.25, 0.3) is 0 Å². The van der Waals surface area contributed by atoms with Crippen molar-refractivity contribution in [2.24, 2.45) is 11.8 Å². The lowest BCUT2D eigenvalue weighted by atomic mass is 9.86. The van der Waals surface area contributed by atoms with Gasteiger partial charge >= 0.3 is 15.0 Å². The molecule has 0 radical (unpaired) electrons. The summed E-state index contributed by atoms with van der Waals surface area (Å²) in [6.45, 7) is 5.42. The van der Waals surface area contributed by atoms with Crippen molar-refractivity contribution in [2.45, 2.75) is 121 Å². The highest BCUT2D eigenvalue weighted by molar-refractivity contribution is 7.89. The number of amides is 2. The highest BCUT2D eigenvalue weighted by Gasteiger charge is 2.40. The van der Waals surface area contributed by atoms with E-state index in [9.17, 15) is 28.3 Å². The largest absolute Gasteiger partial charge is 0.618 e. The van der Waals surface area contributed by atoms with E-state index in [0.717, 1.165) is 23.3 Å². The van der Waals surface area contributed by atoms with E-state index in [-0.39, 0.29) is 24.3 Å². The summed E-state index contributed by atoms with van der Waals surface area (Å²) in [5, 5.41) is 28.5. The predicted octanol–water partition coefficient (Wildman–Crippen LogP) is 2.62. The number of aromatic nitrogens is 1.